The molecule has 0 amide bonds. The summed E-state index contributed by atoms with van der Waals surface area (Å²) in [6.07, 6.45) is 27.7. The molecule has 2 N–H and O–H groups in total. The summed E-state index contributed by atoms with van der Waals surface area (Å²) in [7, 11) is 0. The minimum absolute atomic E-state index is 0. The van der Waals surface area contributed by atoms with Gasteiger partial charge in [-0.3, -0.25) is 9.59 Å². The average molecular weight is 487 g/mol. The Hall–Kier alpha value is -1.06. The molecule has 0 aromatic rings. The molecule has 0 aliphatic heterocycles. The van der Waals surface area contributed by atoms with Crippen LogP contribution in [0, 0.1) is 5.92 Å². The van der Waals surface area contributed by atoms with Crippen LogP contribution in [0.1, 0.15) is 176 Å². The van der Waals surface area contributed by atoms with Crippen molar-refractivity contribution in [1.29, 1.82) is 0 Å². The lowest BCUT2D eigenvalue weighted by Crippen LogP contribution is -2.04. The van der Waals surface area contributed by atoms with Crippen LogP contribution in [0.15, 0.2) is 0 Å². The third-order valence-corrected chi connectivity index (χ3v) is 6.41. The lowest BCUT2D eigenvalue weighted by molar-refractivity contribution is -0.138. The van der Waals surface area contributed by atoms with Gasteiger partial charge in [-0.2, -0.15) is 0 Å². The first-order valence-corrected chi connectivity index (χ1v) is 14.4. The fourth-order valence-corrected chi connectivity index (χ4v) is 4.35. The highest BCUT2D eigenvalue weighted by Gasteiger charge is 2.11. The van der Waals surface area contributed by atoms with E-state index in [2.05, 4.69) is 20.8 Å². The van der Waals surface area contributed by atoms with E-state index in [4.69, 9.17) is 10.2 Å². The summed E-state index contributed by atoms with van der Waals surface area (Å²) in [5.74, 6) is -0.226. The van der Waals surface area contributed by atoms with Crippen molar-refractivity contribution < 1.29 is 19.8 Å². The van der Waals surface area contributed by atoms with E-state index >= 15 is 0 Å². The Balaban J connectivity index is -0.000000422. The van der Waals surface area contributed by atoms with Crippen LogP contribution in [-0.4, -0.2) is 22.2 Å². The summed E-state index contributed by atoms with van der Waals surface area (Å²) in [6.45, 7) is 6.70. The van der Waals surface area contributed by atoms with Gasteiger partial charge in [0, 0.05) is 12.8 Å². The van der Waals surface area contributed by atoms with Gasteiger partial charge >= 0.3 is 11.9 Å². The van der Waals surface area contributed by atoms with E-state index in [0.717, 1.165) is 31.6 Å². The molecule has 0 atom stereocenters. The highest BCUT2D eigenvalue weighted by molar-refractivity contribution is 5.66. The quantitative estimate of drug-likeness (QED) is 0.189. The highest BCUT2D eigenvalue weighted by atomic mass is 16.4. The summed E-state index contributed by atoms with van der Waals surface area (Å²) < 4.78 is 0. The Morgan fingerprint density at radius 3 is 1.24 bits per heavy atom. The molecule has 1 aliphatic carbocycles. The normalized spacial score (nSPS) is 13.0. The Morgan fingerprint density at radius 1 is 0.559 bits per heavy atom. The van der Waals surface area contributed by atoms with Gasteiger partial charge in [-0.1, -0.05) is 150 Å². The lowest BCUT2D eigenvalue weighted by Gasteiger charge is -2.20. The first kappa shape index (κ1) is 37.5. The SMILES string of the molecule is C.CCCC1CCCCC1.CCCCCCCCCC(=O)O.CCCCCCCCCC(=O)O. The maximum absolute atomic E-state index is 10.1. The predicted octanol–water partition coefficient (Wildman–Crippen LogP) is 10.4. The van der Waals surface area contributed by atoms with Gasteiger partial charge in [0.15, 0.2) is 0 Å². The molecule has 34 heavy (non-hydrogen) atoms. The molecule has 0 aromatic heterocycles. The van der Waals surface area contributed by atoms with Crippen LogP contribution >= 0.6 is 0 Å². The molecule has 1 fully saturated rings. The lowest BCUT2D eigenvalue weighted by atomic mass is 9.86. The van der Waals surface area contributed by atoms with Crippen molar-refractivity contribution in [1.82, 2.24) is 0 Å². The zero-order valence-corrected chi connectivity index (χ0v) is 22.6. The minimum Gasteiger partial charge on any atom is -0.481 e. The van der Waals surface area contributed by atoms with Crippen LogP contribution < -0.4 is 0 Å². The number of unbranched alkanes of at least 4 members (excludes halogenated alkanes) is 12. The van der Waals surface area contributed by atoms with Crippen molar-refractivity contribution >= 4 is 11.9 Å². The van der Waals surface area contributed by atoms with Crippen LogP contribution in [0.3, 0.4) is 0 Å². The molecule has 0 saturated heterocycles. The topological polar surface area (TPSA) is 74.6 Å². The van der Waals surface area contributed by atoms with Gasteiger partial charge < -0.3 is 10.2 Å². The highest BCUT2D eigenvalue weighted by Crippen LogP contribution is 2.26. The van der Waals surface area contributed by atoms with Crippen LogP contribution in [0.5, 0.6) is 0 Å². The molecule has 0 aromatic carbocycles. The van der Waals surface area contributed by atoms with Crippen molar-refractivity contribution in [2.24, 2.45) is 5.92 Å². The number of carboxylic acids is 2. The van der Waals surface area contributed by atoms with E-state index in [9.17, 15) is 9.59 Å². The first-order valence-electron chi connectivity index (χ1n) is 14.4. The number of carbonyl (C=O) groups is 2. The third-order valence-electron chi connectivity index (χ3n) is 6.41. The van der Waals surface area contributed by atoms with Crippen molar-refractivity contribution in [3.8, 4) is 0 Å². The fourth-order valence-electron chi connectivity index (χ4n) is 4.35. The van der Waals surface area contributed by atoms with Gasteiger partial charge in [0.05, 0.1) is 0 Å². The molecule has 4 heteroatoms. The Labute approximate surface area is 213 Å². The molecule has 0 spiro atoms. The van der Waals surface area contributed by atoms with Crippen LogP contribution in [0.2, 0.25) is 0 Å². The Bertz CT molecular complexity index is 372. The molecule has 1 rings (SSSR count). The first-order chi connectivity index (χ1) is 16.0. The molecule has 0 bridgehead atoms. The van der Waals surface area contributed by atoms with Gasteiger partial charge in [0.2, 0.25) is 0 Å². The zero-order valence-electron chi connectivity index (χ0n) is 22.6. The van der Waals surface area contributed by atoms with Gasteiger partial charge in [-0.15, -0.1) is 0 Å². The largest absolute Gasteiger partial charge is 0.481 e. The van der Waals surface area contributed by atoms with E-state index < -0.39 is 11.9 Å². The second-order valence-corrected chi connectivity index (χ2v) is 9.82. The molecule has 0 unspecified atom stereocenters. The standard InChI is InChI=1S/2C10H20O2.C9H18.CH4/c2*1-2-3-4-5-6-7-8-9-10(11)12;1-2-6-9-7-4-3-5-8-9;/h2*2-9H2,1H3,(H,11,12);9H,2-8H2,1H3;1H4. The molecular weight excluding hydrogens is 424 g/mol. The Kier molecular flexibility index (Phi) is 35.2. The fraction of sp³-hybridized carbons (Fsp3) is 0.933. The summed E-state index contributed by atoms with van der Waals surface area (Å²) in [6, 6.07) is 0. The summed E-state index contributed by atoms with van der Waals surface area (Å²) >= 11 is 0. The summed E-state index contributed by atoms with van der Waals surface area (Å²) in [5, 5.41) is 16.7. The van der Waals surface area contributed by atoms with E-state index in [1.54, 1.807) is 0 Å². The summed E-state index contributed by atoms with van der Waals surface area (Å²) in [4.78, 5) is 20.3. The van der Waals surface area contributed by atoms with E-state index in [1.807, 2.05) is 0 Å². The number of rotatable bonds is 18. The third kappa shape index (κ3) is 35.5. The number of hydrogen-bond acceptors (Lipinski definition) is 2. The molecule has 1 saturated carbocycles. The second kappa shape index (κ2) is 31.9. The van der Waals surface area contributed by atoms with Gasteiger partial charge in [-0.25, -0.2) is 0 Å². The maximum Gasteiger partial charge on any atom is 0.303 e. The maximum atomic E-state index is 10.1. The number of hydrogen-bond donors (Lipinski definition) is 2. The second-order valence-electron chi connectivity index (χ2n) is 9.82. The van der Waals surface area contributed by atoms with Gasteiger partial charge in [0.1, 0.15) is 0 Å². The predicted molar refractivity (Wildman–Crippen MR) is 149 cm³/mol. The van der Waals surface area contributed by atoms with Crippen molar-refractivity contribution in [3.05, 3.63) is 0 Å². The van der Waals surface area contributed by atoms with E-state index in [-0.39, 0.29) is 7.43 Å². The van der Waals surface area contributed by atoms with Crippen LogP contribution in [0.4, 0.5) is 0 Å². The van der Waals surface area contributed by atoms with E-state index in [0.29, 0.717) is 12.8 Å². The molecule has 4 nitrogen and oxygen atoms in total. The van der Waals surface area contributed by atoms with Gasteiger partial charge in [0.25, 0.3) is 0 Å². The smallest absolute Gasteiger partial charge is 0.303 e. The van der Waals surface area contributed by atoms with Crippen molar-refractivity contribution in [2.75, 3.05) is 0 Å². The molecule has 206 valence electrons. The van der Waals surface area contributed by atoms with Crippen molar-refractivity contribution in [3.63, 3.8) is 0 Å². The number of carboxylic acid groups (broad SMARTS) is 2. The molecule has 1 aliphatic rings. The van der Waals surface area contributed by atoms with Crippen molar-refractivity contribution in [2.45, 2.75) is 176 Å². The molecule has 0 radical (unpaired) electrons. The van der Waals surface area contributed by atoms with Gasteiger partial charge in [-0.05, 0) is 18.8 Å². The zero-order chi connectivity index (χ0) is 25.0. The molecular formula is C30H62O4. The number of aliphatic carboxylic acids is 2. The van der Waals surface area contributed by atoms with E-state index in [1.165, 1.54) is 109 Å². The molecule has 0 heterocycles. The Morgan fingerprint density at radius 2 is 0.912 bits per heavy atom. The van der Waals surface area contributed by atoms with Crippen LogP contribution in [-0.2, 0) is 9.59 Å². The average Bonchev–Trinajstić information content (AvgIpc) is 2.79. The monoisotopic (exact) mass is 486 g/mol. The summed E-state index contributed by atoms with van der Waals surface area (Å²) in [5.41, 5.74) is 0. The van der Waals surface area contributed by atoms with Crippen LogP contribution in [0.25, 0.3) is 0 Å². The minimum atomic E-state index is -0.663.